The standard InChI is InChI=1S/C11H9BrF3NO4/c12-7-2-1-5(11(13,14)15)3-6(7)9(18)16-8(4-17)10(19)20/h1-3,8,17H,4H2,(H,16,18)(H,19,20)/t8-/m1/s1. The first-order valence-corrected chi connectivity index (χ1v) is 5.97. The SMILES string of the molecule is O=C(N[C@H](CO)C(=O)O)c1cc(C(F)(F)F)ccc1Br. The van der Waals surface area contributed by atoms with E-state index in [-0.39, 0.29) is 10.0 Å². The van der Waals surface area contributed by atoms with E-state index in [2.05, 4.69) is 15.9 Å². The van der Waals surface area contributed by atoms with Crippen LogP contribution in [0, 0.1) is 0 Å². The number of amides is 1. The lowest BCUT2D eigenvalue weighted by Gasteiger charge is -2.14. The summed E-state index contributed by atoms with van der Waals surface area (Å²) in [4.78, 5) is 22.4. The summed E-state index contributed by atoms with van der Waals surface area (Å²) in [7, 11) is 0. The predicted molar refractivity (Wildman–Crippen MR) is 65.1 cm³/mol. The number of carbonyl (C=O) groups is 2. The molecule has 0 aliphatic heterocycles. The molecule has 0 heterocycles. The van der Waals surface area contributed by atoms with Crippen LogP contribution < -0.4 is 5.32 Å². The van der Waals surface area contributed by atoms with Crippen molar-refractivity contribution in [2.24, 2.45) is 0 Å². The highest BCUT2D eigenvalue weighted by molar-refractivity contribution is 9.10. The summed E-state index contributed by atoms with van der Waals surface area (Å²) >= 11 is 2.91. The van der Waals surface area contributed by atoms with Gasteiger partial charge in [-0.2, -0.15) is 13.2 Å². The number of rotatable bonds is 4. The molecule has 0 saturated carbocycles. The minimum absolute atomic E-state index is 0.0741. The van der Waals surface area contributed by atoms with Gasteiger partial charge in [-0.15, -0.1) is 0 Å². The van der Waals surface area contributed by atoms with Gasteiger partial charge in [0.05, 0.1) is 17.7 Å². The quantitative estimate of drug-likeness (QED) is 0.766. The average Bonchev–Trinajstić information content (AvgIpc) is 2.34. The molecule has 5 nitrogen and oxygen atoms in total. The van der Waals surface area contributed by atoms with Crippen molar-refractivity contribution in [2.75, 3.05) is 6.61 Å². The molecule has 1 amide bonds. The van der Waals surface area contributed by atoms with Gasteiger partial charge in [-0.1, -0.05) is 0 Å². The average molecular weight is 356 g/mol. The van der Waals surface area contributed by atoms with Gasteiger partial charge in [0.2, 0.25) is 0 Å². The van der Waals surface area contributed by atoms with E-state index >= 15 is 0 Å². The number of nitrogens with one attached hydrogen (secondary N) is 1. The van der Waals surface area contributed by atoms with Gasteiger partial charge >= 0.3 is 12.1 Å². The molecule has 1 aromatic carbocycles. The zero-order chi connectivity index (χ0) is 15.5. The number of carboxylic acids is 1. The second-order valence-electron chi connectivity index (χ2n) is 3.74. The number of carboxylic acid groups (broad SMARTS) is 1. The minimum Gasteiger partial charge on any atom is -0.480 e. The van der Waals surface area contributed by atoms with E-state index in [1.165, 1.54) is 0 Å². The van der Waals surface area contributed by atoms with Crippen molar-refractivity contribution in [3.8, 4) is 0 Å². The fourth-order valence-corrected chi connectivity index (χ4v) is 1.72. The van der Waals surface area contributed by atoms with Crippen molar-refractivity contribution in [1.29, 1.82) is 0 Å². The Balaban J connectivity index is 3.06. The van der Waals surface area contributed by atoms with Crippen LogP contribution in [0.5, 0.6) is 0 Å². The van der Waals surface area contributed by atoms with E-state index in [1.54, 1.807) is 0 Å². The topological polar surface area (TPSA) is 86.6 Å². The van der Waals surface area contributed by atoms with Crippen molar-refractivity contribution in [2.45, 2.75) is 12.2 Å². The number of aliphatic hydroxyl groups is 1. The maximum atomic E-state index is 12.5. The van der Waals surface area contributed by atoms with E-state index < -0.39 is 36.3 Å². The van der Waals surface area contributed by atoms with Gasteiger partial charge in [-0.25, -0.2) is 4.79 Å². The maximum absolute atomic E-state index is 12.5. The lowest BCUT2D eigenvalue weighted by Crippen LogP contribution is -2.43. The van der Waals surface area contributed by atoms with Crippen LogP contribution in [-0.2, 0) is 11.0 Å². The van der Waals surface area contributed by atoms with E-state index in [0.29, 0.717) is 6.07 Å². The highest BCUT2D eigenvalue weighted by Gasteiger charge is 2.32. The first-order valence-electron chi connectivity index (χ1n) is 5.18. The van der Waals surface area contributed by atoms with Gasteiger partial charge in [0.1, 0.15) is 0 Å². The summed E-state index contributed by atoms with van der Waals surface area (Å²) in [5.74, 6) is -2.53. The van der Waals surface area contributed by atoms with Gasteiger partial charge in [0.15, 0.2) is 6.04 Å². The maximum Gasteiger partial charge on any atom is 0.416 e. The normalized spacial score (nSPS) is 12.8. The molecule has 0 saturated heterocycles. The lowest BCUT2D eigenvalue weighted by molar-refractivity contribution is -0.140. The second-order valence-corrected chi connectivity index (χ2v) is 4.59. The smallest absolute Gasteiger partial charge is 0.416 e. The summed E-state index contributed by atoms with van der Waals surface area (Å²) in [6.07, 6.45) is -4.63. The highest BCUT2D eigenvalue weighted by atomic mass is 79.9. The summed E-state index contributed by atoms with van der Waals surface area (Å²) in [6.45, 7) is -0.877. The van der Waals surface area contributed by atoms with Crippen LogP contribution in [0.2, 0.25) is 0 Å². The summed E-state index contributed by atoms with van der Waals surface area (Å²) in [5, 5.41) is 19.3. The van der Waals surface area contributed by atoms with Crippen LogP contribution >= 0.6 is 15.9 Å². The van der Waals surface area contributed by atoms with Crippen LogP contribution in [0.4, 0.5) is 13.2 Å². The van der Waals surface area contributed by atoms with Crippen molar-refractivity contribution in [1.82, 2.24) is 5.32 Å². The van der Waals surface area contributed by atoms with Crippen molar-refractivity contribution >= 4 is 27.8 Å². The van der Waals surface area contributed by atoms with Crippen LogP contribution in [0.1, 0.15) is 15.9 Å². The van der Waals surface area contributed by atoms with E-state index in [0.717, 1.165) is 12.1 Å². The summed E-state index contributed by atoms with van der Waals surface area (Å²) < 4.78 is 37.7. The zero-order valence-corrected chi connectivity index (χ0v) is 11.3. The van der Waals surface area contributed by atoms with E-state index in [9.17, 15) is 22.8 Å². The monoisotopic (exact) mass is 355 g/mol. The number of benzene rings is 1. The first kappa shape index (κ1) is 16.4. The molecule has 0 bridgehead atoms. The van der Waals surface area contributed by atoms with Crippen LogP contribution in [0.15, 0.2) is 22.7 Å². The van der Waals surface area contributed by atoms with Crippen LogP contribution in [0.25, 0.3) is 0 Å². The predicted octanol–water partition coefficient (Wildman–Crippen LogP) is 1.64. The Labute approximate surface area is 119 Å². The van der Waals surface area contributed by atoms with Crippen molar-refractivity contribution < 1.29 is 33.0 Å². The molecule has 9 heteroatoms. The lowest BCUT2D eigenvalue weighted by atomic mass is 10.1. The summed E-state index contributed by atoms with van der Waals surface area (Å²) in [5.41, 5.74) is -1.42. The Bertz CT molecular complexity index is 533. The molecule has 1 aromatic rings. The molecule has 1 atom stereocenters. The van der Waals surface area contributed by atoms with Crippen LogP contribution in [0.3, 0.4) is 0 Å². The summed E-state index contributed by atoms with van der Waals surface area (Å²) in [6, 6.07) is 0.813. The fraction of sp³-hybridized carbons (Fsp3) is 0.273. The molecule has 20 heavy (non-hydrogen) atoms. The Kier molecular flexibility index (Phi) is 5.12. The van der Waals surface area contributed by atoms with Gasteiger partial charge in [0.25, 0.3) is 5.91 Å². The van der Waals surface area contributed by atoms with E-state index in [4.69, 9.17) is 10.2 Å². The number of aliphatic hydroxyl groups excluding tert-OH is 1. The molecule has 0 aromatic heterocycles. The Morgan fingerprint density at radius 3 is 2.40 bits per heavy atom. The Hall–Kier alpha value is -1.61. The molecular formula is C11H9BrF3NO4. The minimum atomic E-state index is -4.63. The number of halogens is 4. The van der Waals surface area contributed by atoms with E-state index in [1.807, 2.05) is 5.32 Å². The fourth-order valence-electron chi connectivity index (χ4n) is 1.30. The largest absolute Gasteiger partial charge is 0.480 e. The number of aliphatic carboxylic acids is 1. The third-order valence-electron chi connectivity index (χ3n) is 2.32. The highest BCUT2D eigenvalue weighted by Crippen LogP contribution is 2.31. The van der Waals surface area contributed by atoms with Crippen molar-refractivity contribution in [3.05, 3.63) is 33.8 Å². The molecule has 0 radical (unpaired) electrons. The van der Waals surface area contributed by atoms with Gasteiger partial charge in [-0.3, -0.25) is 4.79 Å². The molecular weight excluding hydrogens is 347 g/mol. The van der Waals surface area contributed by atoms with Gasteiger partial charge in [0, 0.05) is 4.47 Å². The third kappa shape index (κ3) is 3.94. The molecule has 0 aliphatic rings. The molecule has 1 rings (SSSR count). The zero-order valence-electron chi connectivity index (χ0n) is 9.74. The molecule has 0 unspecified atom stereocenters. The first-order chi connectivity index (χ1) is 9.16. The van der Waals surface area contributed by atoms with Crippen LogP contribution in [-0.4, -0.2) is 34.7 Å². The number of carbonyl (C=O) groups excluding carboxylic acids is 1. The molecule has 0 fully saturated rings. The van der Waals surface area contributed by atoms with Gasteiger partial charge in [-0.05, 0) is 34.1 Å². The molecule has 0 aliphatic carbocycles. The number of alkyl halides is 3. The molecule has 110 valence electrons. The Morgan fingerprint density at radius 2 is 1.95 bits per heavy atom. The second kappa shape index (κ2) is 6.23. The Morgan fingerprint density at radius 1 is 1.35 bits per heavy atom. The van der Waals surface area contributed by atoms with Gasteiger partial charge < -0.3 is 15.5 Å². The third-order valence-corrected chi connectivity index (χ3v) is 3.02. The number of hydrogen-bond donors (Lipinski definition) is 3. The number of hydrogen-bond acceptors (Lipinski definition) is 3. The molecule has 3 N–H and O–H groups in total. The van der Waals surface area contributed by atoms with Crippen molar-refractivity contribution in [3.63, 3.8) is 0 Å². The molecule has 0 spiro atoms.